The Balaban J connectivity index is 0.000000341. The van der Waals surface area contributed by atoms with Crippen molar-refractivity contribution < 1.29 is 75.3 Å². The number of carbonyl (C=O) groups is 4. The number of Topliss-reactive ketones (excluding diaryl/α,β-unsaturated/α-hetero) is 1. The van der Waals surface area contributed by atoms with Gasteiger partial charge in [-0.3, -0.25) is 29.8 Å². The topological polar surface area (TPSA) is 350 Å². The highest BCUT2D eigenvalue weighted by Gasteiger charge is 2.43. The normalized spacial score (nSPS) is 16.9. The number of hydrogen-bond donors (Lipinski definition) is 14. The van der Waals surface area contributed by atoms with E-state index in [0.29, 0.717) is 17.1 Å². The van der Waals surface area contributed by atoms with Gasteiger partial charge in [0.05, 0.1) is 94.9 Å². The van der Waals surface area contributed by atoms with Gasteiger partial charge in [0, 0.05) is 45.3 Å². The number of nitrogens with one attached hydrogen (secondary N) is 2. The predicted molar refractivity (Wildman–Crippen MR) is 167 cm³/mol. The predicted octanol–water partition coefficient (Wildman–Crippen LogP) is -8.41. The van der Waals surface area contributed by atoms with E-state index >= 15 is 0 Å². The number of carboxylic acids is 2. The number of aliphatic hydroxyl groups is 9. The fraction of sp³-hybridized carbons (Fsp3) is 0.714. The Morgan fingerprint density at radius 1 is 0.592 bits per heavy atom. The molecule has 15 N–H and O–H groups in total. The second kappa shape index (κ2) is 20.4. The number of nitrogens with two attached hydrogens (primary N) is 1. The maximum atomic E-state index is 12.4. The summed E-state index contributed by atoms with van der Waals surface area (Å²) in [5.41, 5.74) is 3.21. The summed E-state index contributed by atoms with van der Waals surface area (Å²) in [7, 11) is 0. The highest BCUT2D eigenvalue weighted by Crippen LogP contribution is 2.33. The second-order valence-electron chi connectivity index (χ2n) is 11.7. The van der Waals surface area contributed by atoms with Crippen LogP contribution in [0.2, 0.25) is 0 Å². The molecule has 3 fully saturated rings. The maximum Gasteiger partial charge on any atom is 0.317 e. The van der Waals surface area contributed by atoms with Crippen molar-refractivity contribution in [1.29, 1.82) is 0 Å². The molecule has 0 unspecified atom stereocenters. The van der Waals surface area contributed by atoms with Crippen LogP contribution >= 0.6 is 0 Å². The lowest BCUT2D eigenvalue weighted by Gasteiger charge is -2.27. The Morgan fingerprint density at radius 3 is 1.16 bits per heavy atom. The SMILES string of the molecule is NC(CO)(CO)CO.O=C(O)CNC(CO)(CO)CO.O=C(O)CNC(CO)(CO)CO.O=C1C=C(N2CC2)C(=O)C(N2CC2)=C1N1CC1. The smallest absolute Gasteiger partial charge is 0.317 e. The van der Waals surface area contributed by atoms with Crippen molar-refractivity contribution in [2.75, 3.05) is 112 Å². The average molecular weight is 711 g/mol. The first-order valence-electron chi connectivity index (χ1n) is 15.1. The van der Waals surface area contributed by atoms with E-state index in [9.17, 15) is 19.2 Å². The molecule has 4 aliphatic rings. The summed E-state index contributed by atoms with van der Waals surface area (Å²) in [6.07, 6.45) is 1.52. The lowest BCUT2D eigenvalue weighted by Crippen LogP contribution is -2.56. The van der Waals surface area contributed by atoms with E-state index in [4.69, 9.17) is 61.9 Å². The van der Waals surface area contributed by atoms with Crippen LogP contribution in [-0.2, 0) is 19.2 Å². The van der Waals surface area contributed by atoms with Crippen LogP contribution < -0.4 is 16.4 Å². The summed E-state index contributed by atoms with van der Waals surface area (Å²) in [6, 6.07) is 0. The molecule has 0 atom stereocenters. The first-order valence-corrected chi connectivity index (χ1v) is 15.1. The summed E-state index contributed by atoms with van der Waals surface area (Å²) in [4.78, 5) is 50.6. The lowest BCUT2D eigenvalue weighted by molar-refractivity contribution is -0.137. The van der Waals surface area contributed by atoms with Gasteiger partial charge in [-0.05, 0) is 0 Å². The third-order valence-corrected chi connectivity index (χ3v) is 7.48. The van der Waals surface area contributed by atoms with Gasteiger partial charge in [0.15, 0.2) is 0 Å². The summed E-state index contributed by atoms with van der Waals surface area (Å²) in [5, 5.41) is 98.5. The third-order valence-electron chi connectivity index (χ3n) is 7.48. The highest BCUT2D eigenvalue weighted by atomic mass is 16.4. The van der Waals surface area contributed by atoms with Gasteiger partial charge in [-0.2, -0.15) is 0 Å². The zero-order valence-electron chi connectivity index (χ0n) is 27.1. The van der Waals surface area contributed by atoms with Gasteiger partial charge in [0.25, 0.3) is 0 Å². The Kier molecular flexibility index (Phi) is 18.2. The number of hydrogen-bond acceptors (Lipinski definition) is 19. The zero-order valence-corrected chi connectivity index (χ0v) is 27.1. The molecule has 21 nitrogen and oxygen atoms in total. The van der Waals surface area contributed by atoms with Crippen molar-refractivity contribution >= 4 is 23.5 Å². The van der Waals surface area contributed by atoms with Gasteiger partial charge in [-0.1, -0.05) is 0 Å². The van der Waals surface area contributed by atoms with Crippen LogP contribution in [-0.4, -0.2) is 223 Å². The van der Waals surface area contributed by atoms with Gasteiger partial charge in [-0.15, -0.1) is 0 Å². The molecule has 0 radical (unpaired) electrons. The van der Waals surface area contributed by atoms with Crippen molar-refractivity contribution in [3.05, 3.63) is 23.2 Å². The van der Waals surface area contributed by atoms with Crippen molar-refractivity contribution in [3.8, 4) is 0 Å². The van der Waals surface area contributed by atoms with Gasteiger partial charge in [-0.25, -0.2) is 0 Å². The number of nitrogens with zero attached hydrogens (tertiary/aromatic N) is 3. The number of carbonyl (C=O) groups excluding carboxylic acids is 2. The zero-order chi connectivity index (χ0) is 37.4. The Bertz CT molecular complexity index is 1100. The molecule has 4 rings (SSSR count). The van der Waals surface area contributed by atoms with E-state index < -0.39 is 101 Å². The van der Waals surface area contributed by atoms with Crippen molar-refractivity contribution in [3.63, 3.8) is 0 Å². The summed E-state index contributed by atoms with van der Waals surface area (Å²) in [5.74, 6) is -2.18. The van der Waals surface area contributed by atoms with E-state index in [1.807, 2.05) is 14.7 Å². The molecule has 0 bridgehead atoms. The fourth-order valence-electron chi connectivity index (χ4n) is 3.59. The molecule has 282 valence electrons. The molecule has 1 aliphatic carbocycles. The molecule has 3 saturated heterocycles. The molecule has 21 heteroatoms. The van der Waals surface area contributed by atoms with Crippen LogP contribution in [0.1, 0.15) is 0 Å². The molecule has 0 aromatic carbocycles. The van der Waals surface area contributed by atoms with Crippen LogP contribution in [0.15, 0.2) is 23.2 Å². The number of rotatable bonds is 18. The monoisotopic (exact) mass is 710 g/mol. The van der Waals surface area contributed by atoms with Gasteiger partial charge >= 0.3 is 11.9 Å². The van der Waals surface area contributed by atoms with Gasteiger partial charge < -0.3 is 76.6 Å². The molecule has 0 amide bonds. The van der Waals surface area contributed by atoms with Crippen LogP contribution in [0.4, 0.5) is 0 Å². The minimum absolute atomic E-state index is 0.00546. The second-order valence-corrected chi connectivity index (χ2v) is 11.7. The van der Waals surface area contributed by atoms with Crippen molar-refractivity contribution in [2.45, 2.75) is 16.6 Å². The Hall–Kier alpha value is -3.32. The molecule has 0 spiro atoms. The molecule has 0 aromatic rings. The van der Waals surface area contributed by atoms with E-state index in [1.165, 1.54) is 6.08 Å². The van der Waals surface area contributed by atoms with Gasteiger partial charge in [0.1, 0.15) is 11.4 Å². The number of carboxylic acid groups (broad SMARTS) is 2. The first-order chi connectivity index (χ1) is 23.1. The molecule has 0 saturated carbocycles. The Morgan fingerprint density at radius 2 is 0.918 bits per heavy atom. The largest absolute Gasteiger partial charge is 0.480 e. The average Bonchev–Trinajstić information content (AvgIpc) is 3.94. The van der Waals surface area contributed by atoms with Crippen molar-refractivity contribution in [2.24, 2.45) is 5.73 Å². The van der Waals surface area contributed by atoms with Crippen LogP contribution in [0.5, 0.6) is 0 Å². The fourth-order valence-corrected chi connectivity index (χ4v) is 3.59. The molecular weight excluding hydrogens is 660 g/mol. The lowest BCUT2D eigenvalue weighted by atomic mass is 10.0. The summed E-state index contributed by atoms with van der Waals surface area (Å²) in [6.45, 7) is 0.245. The van der Waals surface area contributed by atoms with E-state index in [2.05, 4.69) is 10.6 Å². The molecule has 0 aromatic heterocycles. The van der Waals surface area contributed by atoms with Gasteiger partial charge in [0.2, 0.25) is 11.6 Å². The number of ketones is 2. The van der Waals surface area contributed by atoms with Crippen LogP contribution in [0.3, 0.4) is 0 Å². The van der Waals surface area contributed by atoms with Crippen molar-refractivity contribution in [1.82, 2.24) is 25.3 Å². The number of aliphatic carboxylic acids is 2. The van der Waals surface area contributed by atoms with Crippen LogP contribution in [0, 0.1) is 0 Å². The summed E-state index contributed by atoms with van der Waals surface area (Å²) < 4.78 is 0. The first kappa shape index (κ1) is 43.7. The van der Waals surface area contributed by atoms with Crippen LogP contribution in [0.25, 0.3) is 0 Å². The Labute approximate surface area is 281 Å². The maximum absolute atomic E-state index is 12.4. The van der Waals surface area contributed by atoms with E-state index in [0.717, 1.165) is 39.3 Å². The number of aliphatic hydroxyl groups excluding tert-OH is 9. The highest BCUT2D eigenvalue weighted by molar-refractivity contribution is 6.22. The molecule has 3 heterocycles. The van der Waals surface area contributed by atoms with E-state index in [1.54, 1.807) is 0 Å². The van der Waals surface area contributed by atoms with E-state index in [-0.39, 0.29) is 11.6 Å². The number of allylic oxidation sites excluding steroid dienone is 1. The minimum atomic E-state index is -1.31. The molecule has 3 aliphatic heterocycles. The minimum Gasteiger partial charge on any atom is -0.480 e. The standard InChI is InChI=1S/C12H13N3O2.2C6H13NO5.C4H11NO3/c16-9-7-8(13-1-2-13)12(17)11(15-5-6-15)10(9)14-3-4-14;2*8-2-6(3-9,4-10)7-1-5(11)12;5-4(1-6,2-7)3-8/h7H,1-6H2;2*7-10H,1-4H2,(H,11,12);6-8H,1-3,5H2. The quantitative estimate of drug-likeness (QED) is 0.0464. The summed E-state index contributed by atoms with van der Waals surface area (Å²) >= 11 is 0. The third kappa shape index (κ3) is 13.8. The molecule has 49 heavy (non-hydrogen) atoms. The molecular formula is C28H50N6O15.